The number of halogens is 1. The van der Waals surface area contributed by atoms with Gasteiger partial charge >= 0.3 is 0 Å². The van der Waals surface area contributed by atoms with Gasteiger partial charge in [0.2, 0.25) is 0 Å². The third-order valence-corrected chi connectivity index (χ3v) is 2.68. The largest absolute Gasteiger partial charge is 0.455 e. The molecular formula is C15H12FNO2. The van der Waals surface area contributed by atoms with Crippen molar-refractivity contribution in [2.24, 2.45) is 0 Å². The highest BCUT2D eigenvalue weighted by Crippen LogP contribution is 2.31. The first-order valence-corrected chi connectivity index (χ1v) is 5.77. The Morgan fingerprint density at radius 2 is 1.84 bits per heavy atom. The van der Waals surface area contributed by atoms with Gasteiger partial charge in [0.05, 0.1) is 6.10 Å². The van der Waals surface area contributed by atoms with Crippen molar-refractivity contribution in [2.75, 3.05) is 0 Å². The molecule has 3 nitrogen and oxygen atoms in total. The molecule has 0 bridgehead atoms. The van der Waals surface area contributed by atoms with Gasteiger partial charge in [-0.3, -0.25) is 0 Å². The molecule has 0 heterocycles. The number of aliphatic hydroxyl groups excluding tert-OH is 1. The van der Waals surface area contributed by atoms with Crippen molar-refractivity contribution < 1.29 is 14.2 Å². The zero-order valence-electron chi connectivity index (χ0n) is 10.3. The fourth-order valence-corrected chi connectivity index (χ4v) is 1.73. The molecule has 4 heteroatoms. The third-order valence-electron chi connectivity index (χ3n) is 2.68. The number of hydrogen-bond acceptors (Lipinski definition) is 3. The smallest absolute Gasteiger partial charge is 0.148 e. The molecule has 0 aliphatic carbocycles. The maximum absolute atomic E-state index is 13.5. The van der Waals surface area contributed by atoms with E-state index in [0.29, 0.717) is 11.3 Å². The molecule has 1 atom stereocenters. The summed E-state index contributed by atoms with van der Waals surface area (Å²) in [5, 5.41) is 18.6. The average Bonchev–Trinajstić information content (AvgIpc) is 2.39. The van der Waals surface area contributed by atoms with Crippen molar-refractivity contribution >= 4 is 0 Å². The Kier molecular flexibility index (Phi) is 3.79. The second kappa shape index (κ2) is 5.51. The molecular weight excluding hydrogens is 245 g/mol. The summed E-state index contributed by atoms with van der Waals surface area (Å²) in [6.07, 6.45) is -0.713. The Morgan fingerprint density at radius 3 is 2.53 bits per heavy atom. The van der Waals surface area contributed by atoms with E-state index in [4.69, 9.17) is 10.00 Å². The molecule has 2 rings (SSSR count). The van der Waals surface area contributed by atoms with Crippen LogP contribution in [0.1, 0.15) is 24.2 Å². The SMILES string of the molecule is C[C@@H](O)c1ccccc1Oc1cccc(F)c1C#N. The van der Waals surface area contributed by atoms with Crippen molar-refractivity contribution in [2.45, 2.75) is 13.0 Å². The first-order valence-electron chi connectivity index (χ1n) is 5.77. The van der Waals surface area contributed by atoms with Crippen LogP contribution in [-0.2, 0) is 0 Å². The van der Waals surface area contributed by atoms with Gasteiger partial charge in [-0.05, 0) is 25.1 Å². The standard InChI is InChI=1S/C15H12FNO2/c1-10(18)11-5-2-3-7-14(11)19-15-8-4-6-13(16)12(15)9-17/h2-8,10,18H,1H3/t10-/m1/s1. The fraction of sp³-hybridized carbons (Fsp3) is 0.133. The number of hydrogen-bond donors (Lipinski definition) is 1. The summed E-state index contributed by atoms with van der Waals surface area (Å²) in [5.41, 5.74) is 0.429. The van der Waals surface area contributed by atoms with Gasteiger partial charge in [-0.1, -0.05) is 24.3 Å². The summed E-state index contributed by atoms with van der Waals surface area (Å²) >= 11 is 0. The van der Waals surface area contributed by atoms with E-state index in [1.165, 1.54) is 18.2 Å². The molecule has 2 aromatic carbocycles. The molecule has 0 amide bonds. The fourth-order valence-electron chi connectivity index (χ4n) is 1.73. The Hall–Kier alpha value is -2.38. The van der Waals surface area contributed by atoms with E-state index in [1.807, 2.05) is 0 Å². The van der Waals surface area contributed by atoms with Crippen molar-refractivity contribution in [3.8, 4) is 17.6 Å². The highest BCUT2D eigenvalue weighted by Gasteiger charge is 2.13. The Morgan fingerprint density at radius 1 is 1.16 bits per heavy atom. The number of para-hydroxylation sites is 1. The van der Waals surface area contributed by atoms with Crippen LogP contribution < -0.4 is 4.74 Å². The zero-order valence-corrected chi connectivity index (χ0v) is 10.3. The molecule has 0 radical (unpaired) electrons. The van der Waals surface area contributed by atoms with Crippen molar-refractivity contribution in [1.82, 2.24) is 0 Å². The summed E-state index contributed by atoms with van der Waals surface area (Å²) in [5.74, 6) is -0.0928. The van der Waals surface area contributed by atoms with Crippen LogP contribution in [0.15, 0.2) is 42.5 Å². The van der Waals surface area contributed by atoms with Gasteiger partial charge in [0.1, 0.15) is 28.9 Å². The molecule has 0 unspecified atom stereocenters. The molecule has 2 aromatic rings. The second-order valence-corrected chi connectivity index (χ2v) is 4.04. The molecule has 1 N–H and O–H groups in total. The van der Waals surface area contributed by atoms with Crippen LogP contribution in [0.4, 0.5) is 4.39 Å². The number of nitrogens with zero attached hydrogens (tertiary/aromatic N) is 1. The molecule has 96 valence electrons. The maximum Gasteiger partial charge on any atom is 0.148 e. The van der Waals surface area contributed by atoms with Gasteiger partial charge in [-0.15, -0.1) is 0 Å². The summed E-state index contributed by atoms with van der Waals surface area (Å²) < 4.78 is 19.0. The second-order valence-electron chi connectivity index (χ2n) is 4.04. The van der Waals surface area contributed by atoms with Gasteiger partial charge in [0.25, 0.3) is 0 Å². The summed E-state index contributed by atoms with van der Waals surface area (Å²) in [6, 6.07) is 12.8. The highest BCUT2D eigenvalue weighted by atomic mass is 19.1. The predicted molar refractivity (Wildman–Crippen MR) is 68.3 cm³/mol. The Labute approximate surface area is 110 Å². The van der Waals surface area contributed by atoms with E-state index in [9.17, 15) is 9.50 Å². The minimum Gasteiger partial charge on any atom is -0.455 e. The van der Waals surface area contributed by atoms with Crippen molar-refractivity contribution in [3.05, 3.63) is 59.4 Å². The van der Waals surface area contributed by atoms with E-state index in [-0.39, 0.29) is 11.3 Å². The number of nitriles is 1. The number of ether oxygens (including phenoxy) is 1. The lowest BCUT2D eigenvalue weighted by molar-refractivity contribution is 0.195. The van der Waals surface area contributed by atoms with Crippen LogP contribution in [0.3, 0.4) is 0 Å². The van der Waals surface area contributed by atoms with Crippen molar-refractivity contribution in [3.63, 3.8) is 0 Å². The first kappa shape index (κ1) is 13.1. The van der Waals surface area contributed by atoms with Crippen LogP contribution in [0.5, 0.6) is 11.5 Å². The normalized spacial score (nSPS) is 11.7. The summed E-state index contributed by atoms with van der Waals surface area (Å²) in [6.45, 7) is 1.61. The van der Waals surface area contributed by atoms with Gasteiger partial charge in [-0.25, -0.2) is 4.39 Å². The summed E-state index contributed by atoms with van der Waals surface area (Å²) in [4.78, 5) is 0. The molecule has 0 spiro atoms. The molecule has 0 aliphatic rings. The molecule has 0 aromatic heterocycles. The predicted octanol–water partition coefficient (Wildman–Crippen LogP) is 3.54. The number of benzene rings is 2. The number of rotatable bonds is 3. The number of aliphatic hydroxyl groups is 1. The van der Waals surface area contributed by atoms with Crippen LogP contribution >= 0.6 is 0 Å². The van der Waals surface area contributed by atoms with E-state index < -0.39 is 11.9 Å². The molecule has 0 aliphatic heterocycles. The van der Waals surface area contributed by atoms with E-state index in [1.54, 1.807) is 37.3 Å². The van der Waals surface area contributed by atoms with Crippen LogP contribution in [0.2, 0.25) is 0 Å². The Balaban J connectivity index is 2.43. The van der Waals surface area contributed by atoms with Crippen LogP contribution in [0, 0.1) is 17.1 Å². The quantitative estimate of drug-likeness (QED) is 0.914. The van der Waals surface area contributed by atoms with E-state index in [0.717, 1.165) is 0 Å². The zero-order chi connectivity index (χ0) is 13.8. The lowest BCUT2D eigenvalue weighted by Crippen LogP contribution is -1.97. The first-order chi connectivity index (χ1) is 9.13. The minimum atomic E-state index is -0.713. The van der Waals surface area contributed by atoms with E-state index in [2.05, 4.69) is 0 Å². The van der Waals surface area contributed by atoms with Gasteiger partial charge < -0.3 is 9.84 Å². The third kappa shape index (κ3) is 2.72. The van der Waals surface area contributed by atoms with Crippen LogP contribution in [-0.4, -0.2) is 5.11 Å². The Bertz CT molecular complexity index is 632. The topological polar surface area (TPSA) is 53.2 Å². The van der Waals surface area contributed by atoms with Crippen molar-refractivity contribution in [1.29, 1.82) is 5.26 Å². The van der Waals surface area contributed by atoms with Crippen LogP contribution in [0.25, 0.3) is 0 Å². The maximum atomic E-state index is 13.5. The average molecular weight is 257 g/mol. The lowest BCUT2D eigenvalue weighted by Gasteiger charge is -2.13. The monoisotopic (exact) mass is 257 g/mol. The molecule has 0 saturated heterocycles. The molecule has 0 fully saturated rings. The van der Waals surface area contributed by atoms with E-state index >= 15 is 0 Å². The minimum absolute atomic E-state index is 0.135. The lowest BCUT2D eigenvalue weighted by atomic mass is 10.1. The summed E-state index contributed by atoms with van der Waals surface area (Å²) in [7, 11) is 0. The van der Waals surface area contributed by atoms with Gasteiger partial charge in [0, 0.05) is 5.56 Å². The van der Waals surface area contributed by atoms with Gasteiger partial charge in [-0.2, -0.15) is 5.26 Å². The highest BCUT2D eigenvalue weighted by molar-refractivity contribution is 5.47. The molecule has 0 saturated carbocycles. The molecule has 19 heavy (non-hydrogen) atoms. The van der Waals surface area contributed by atoms with Gasteiger partial charge in [0.15, 0.2) is 0 Å².